The molecule has 0 bridgehead atoms. The number of para-hydroxylation sites is 1. The van der Waals surface area contributed by atoms with Crippen molar-refractivity contribution < 1.29 is 9.90 Å². The van der Waals surface area contributed by atoms with E-state index in [0.717, 1.165) is 25.0 Å². The van der Waals surface area contributed by atoms with E-state index in [1.54, 1.807) is 22.7 Å². The second-order valence-corrected chi connectivity index (χ2v) is 7.64. The molecule has 1 aromatic carbocycles. The summed E-state index contributed by atoms with van der Waals surface area (Å²) in [4.78, 5) is 17.6. The highest BCUT2D eigenvalue weighted by Gasteiger charge is 2.12. The summed E-state index contributed by atoms with van der Waals surface area (Å²) in [5.74, 6) is -0.786. The van der Waals surface area contributed by atoms with Gasteiger partial charge in [-0.15, -0.1) is 34.4 Å². The molecule has 1 N–H and O–H groups in total. The van der Waals surface area contributed by atoms with E-state index in [1.165, 1.54) is 17.3 Å². The summed E-state index contributed by atoms with van der Waals surface area (Å²) < 4.78 is 1.11. The minimum atomic E-state index is -0.820. The Hall–Kier alpha value is -1.63. The van der Waals surface area contributed by atoms with Crippen molar-refractivity contribution in [3.8, 4) is 0 Å². The third-order valence-corrected chi connectivity index (χ3v) is 6.20. The van der Waals surface area contributed by atoms with Gasteiger partial charge >= 0.3 is 5.97 Å². The second kappa shape index (κ2) is 6.64. The minimum absolute atomic E-state index is 0.0339. The van der Waals surface area contributed by atoms with E-state index < -0.39 is 5.97 Å². The summed E-state index contributed by atoms with van der Waals surface area (Å²) in [6, 6.07) is 10.0. The van der Waals surface area contributed by atoms with Gasteiger partial charge in [-0.2, -0.15) is 0 Å². The lowest BCUT2D eigenvalue weighted by Gasteiger charge is -2.02. The molecule has 112 valence electrons. The van der Waals surface area contributed by atoms with Crippen LogP contribution in [-0.2, 0) is 4.79 Å². The van der Waals surface area contributed by atoms with Gasteiger partial charge < -0.3 is 5.11 Å². The van der Waals surface area contributed by atoms with Gasteiger partial charge in [0.1, 0.15) is 5.01 Å². The van der Waals surface area contributed by atoms with Gasteiger partial charge in [-0.05, 0) is 42.1 Å². The molecule has 3 rings (SSSR count). The van der Waals surface area contributed by atoms with Crippen molar-refractivity contribution in [3.63, 3.8) is 0 Å². The van der Waals surface area contributed by atoms with E-state index in [4.69, 9.17) is 5.11 Å². The quantitative estimate of drug-likeness (QED) is 0.707. The minimum Gasteiger partial charge on any atom is -0.481 e. The SMILES string of the molecule is Cc1ccsc1/C=C(/SCC(=O)O)c1nc2ccccc2s1. The fourth-order valence-corrected chi connectivity index (χ4v) is 4.69. The number of aliphatic carboxylic acids is 1. The highest BCUT2D eigenvalue weighted by atomic mass is 32.2. The van der Waals surface area contributed by atoms with Gasteiger partial charge in [0.2, 0.25) is 0 Å². The summed E-state index contributed by atoms with van der Waals surface area (Å²) in [6.07, 6.45) is 2.05. The molecule has 0 fully saturated rings. The van der Waals surface area contributed by atoms with E-state index >= 15 is 0 Å². The Kier molecular flexibility index (Phi) is 4.61. The molecule has 2 aromatic heterocycles. The molecule has 0 saturated carbocycles. The van der Waals surface area contributed by atoms with E-state index in [9.17, 15) is 4.79 Å². The topological polar surface area (TPSA) is 50.2 Å². The number of carboxylic acids is 1. The number of aromatic nitrogens is 1. The number of aryl methyl sites for hydroxylation is 1. The third-order valence-electron chi connectivity index (χ3n) is 3.02. The number of carbonyl (C=O) groups is 1. The average Bonchev–Trinajstić information content (AvgIpc) is 3.09. The molecule has 0 spiro atoms. The molecule has 6 heteroatoms. The molecule has 0 aliphatic carbocycles. The Morgan fingerprint density at radius 1 is 1.36 bits per heavy atom. The van der Waals surface area contributed by atoms with Crippen molar-refractivity contribution in [2.75, 3.05) is 5.75 Å². The van der Waals surface area contributed by atoms with Crippen LogP contribution in [0.15, 0.2) is 35.7 Å². The first-order chi connectivity index (χ1) is 10.6. The molecule has 0 aliphatic rings. The van der Waals surface area contributed by atoms with E-state index in [-0.39, 0.29) is 5.75 Å². The molecule has 2 heterocycles. The standard InChI is InChI=1S/C16H13NO2S3/c1-10-6-7-20-13(10)8-14(21-9-15(18)19)16-17-11-4-2-3-5-12(11)22-16/h2-8H,9H2,1H3,(H,18,19)/b14-8+. The predicted molar refractivity (Wildman–Crippen MR) is 96.6 cm³/mol. The zero-order valence-corrected chi connectivity index (χ0v) is 14.2. The van der Waals surface area contributed by atoms with Crippen molar-refractivity contribution in [3.05, 3.63) is 51.2 Å². The van der Waals surface area contributed by atoms with E-state index in [1.807, 2.05) is 35.7 Å². The van der Waals surface area contributed by atoms with Crippen LogP contribution in [0.1, 0.15) is 15.4 Å². The van der Waals surface area contributed by atoms with Crippen molar-refractivity contribution in [1.82, 2.24) is 4.98 Å². The van der Waals surface area contributed by atoms with Crippen LogP contribution in [-0.4, -0.2) is 21.8 Å². The Labute approximate surface area is 140 Å². The number of nitrogens with zero attached hydrogens (tertiary/aromatic N) is 1. The number of hydrogen-bond acceptors (Lipinski definition) is 5. The van der Waals surface area contributed by atoms with Gasteiger partial charge in [-0.1, -0.05) is 12.1 Å². The highest BCUT2D eigenvalue weighted by Crippen LogP contribution is 2.36. The Balaban J connectivity index is 2.02. The first-order valence-corrected chi connectivity index (χ1v) is 9.28. The average molecular weight is 347 g/mol. The van der Waals surface area contributed by atoms with Crippen LogP contribution in [0.2, 0.25) is 0 Å². The molecule has 0 aliphatic heterocycles. The fraction of sp³-hybridized carbons (Fsp3) is 0.125. The zero-order chi connectivity index (χ0) is 15.5. The number of thiazole rings is 1. The summed E-state index contributed by atoms with van der Waals surface area (Å²) >= 11 is 4.57. The monoisotopic (exact) mass is 347 g/mol. The van der Waals surface area contributed by atoms with Crippen molar-refractivity contribution in [2.24, 2.45) is 0 Å². The molecule has 0 atom stereocenters. The Morgan fingerprint density at radius 3 is 2.86 bits per heavy atom. The number of thiophene rings is 1. The summed E-state index contributed by atoms with van der Waals surface area (Å²) in [6.45, 7) is 2.06. The molecule has 0 amide bonds. The maximum absolute atomic E-state index is 10.9. The molecular formula is C16H13NO2S3. The number of carboxylic acid groups (broad SMARTS) is 1. The lowest BCUT2D eigenvalue weighted by atomic mass is 10.3. The van der Waals surface area contributed by atoms with Gasteiger partial charge in [0, 0.05) is 9.78 Å². The number of benzene rings is 1. The number of fused-ring (bicyclic) bond motifs is 1. The number of thioether (sulfide) groups is 1. The largest absolute Gasteiger partial charge is 0.481 e. The van der Waals surface area contributed by atoms with Gasteiger partial charge in [0.25, 0.3) is 0 Å². The molecule has 22 heavy (non-hydrogen) atoms. The van der Waals surface area contributed by atoms with Crippen LogP contribution >= 0.6 is 34.4 Å². The van der Waals surface area contributed by atoms with Gasteiger partial charge in [-0.3, -0.25) is 4.79 Å². The smallest absolute Gasteiger partial charge is 0.313 e. The predicted octanol–water partition coefficient (Wildman–Crippen LogP) is 4.98. The molecule has 0 saturated heterocycles. The summed E-state index contributed by atoms with van der Waals surface area (Å²) in [7, 11) is 0. The lowest BCUT2D eigenvalue weighted by molar-refractivity contribution is -0.133. The molecule has 3 nitrogen and oxygen atoms in total. The molecule has 0 unspecified atom stereocenters. The van der Waals surface area contributed by atoms with Gasteiger partial charge in [0.15, 0.2) is 0 Å². The molecule has 3 aromatic rings. The number of rotatable bonds is 5. The molecule has 0 radical (unpaired) electrons. The van der Waals surface area contributed by atoms with Crippen molar-refractivity contribution in [2.45, 2.75) is 6.92 Å². The maximum Gasteiger partial charge on any atom is 0.313 e. The van der Waals surface area contributed by atoms with E-state index in [0.29, 0.717) is 0 Å². The van der Waals surface area contributed by atoms with Crippen LogP contribution in [0.25, 0.3) is 21.2 Å². The third kappa shape index (κ3) is 3.40. The van der Waals surface area contributed by atoms with Crippen LogP contribution in [0, 0.1) is 6.92 Å². The Morgan fingerprint density at radius 2 is 2.18 bits per heavy atom. The number of hydrogen-bond donors (Lipinski definition) is 1. The van der Waals surface area contributed by atoms with Crippen LogP contribution in [0.5, 0.6) is 0 Å². The van der Waals surface area contributed by atoms with Crippen molar-refractivity contribution in [1.29, 1.82) is 0 Å². The van der Waals surface area contributed by atoms with Crippen LogP contribution in [0.4, 0.5) is 0 Å². The zero-order valence-electron chi connectivity index (χ0n) is 11.8. The highest BCUT2D eigenvalue weighted by molar-refractivity contribution is 8.09. The van der Waals surface area contributed by atoms with Gasteiger partial charge in [-0.25, -0.2) is 4.98 Å². The Bertz CT molecular complexity index is 815. The first kappa shape index (κ1) is 15.3. The van der Waals surface area contributed by atoms with Gasteiger partial charge in [0.05, 0.1) is 16.0 Å². The van der Waals surface area contributed by atoms with E-state index in [2.05, 4.69) is 18.0 Å². The van der Waals surface area contributed by atoms with Crippen LogP contribution < -0.4 is 0 Å². The fourth-order valence-electron chi connectivity index (χ4n) is 1.93. The summed E-state index contributed by atoms with van der Waals surface area (Å²) in [5.41, 5.74) is 2.15. The normalized spacial score (nSPS) is 12.0. The second-order valence-electron chi connectivity index (χ2n) is 4.65. The summed E-state index contributed by atoms with van der Waals surface area (Å²) in [5, 5.41) is 11.9. The maximum atomic E-state index is 10.9. The first-order valence-electron chi connectivity index (χ1n) is 6.60. The van der Waals surface area contributed by atoms with Crippen LogP contribution in [0.3, 0.4) is 0 Å². The lowest BCUT2D eigenvalue weighted by Crippen LogP contribution is -1.97. The van der Waals surface area contributed by atoms with Crippen molar-refractivity contribution >= 4 is 61.6 Å². The molecular weight excluding hydrogens is 334 g/mol.